The number of phenols is 1. The van der Waals surface area contributed by atoms with Gasteiger partial charge in [0.2, 0.25) is 0 Å². The summed E-state index contributed by atoms with van der Waals surface area (Å²) in [5.41, 5.74) is -0.303. The molecular weight excluding hydrogens is 237 g/mol. The largest absolute Gasteiger partial charge is 0.507 e. The predicted octanol–water partition coefficient (Wildman–Crippen LogP) is 1.69. The van der Waals surface area contributed by atoms with E-state index < -0.39 is 11.7 Å². The van der Waals surface area contributed by atoms with Crippen molar-refractivity contribution in [3.05, 3.63) is 29.6 Å². The number of nitrogens with one attached hydrogen (secondary N) is 1. The van der Waals surface area contributed by atoms with E-state index in [0.717, 1.165) is 12.5 Å². The van der Waals surface area contributed by atoms with Gasteiger partial charge >= 0.3 is 0 Å². The minimum atomic E-state index is -0.720. The van der Waals surface area contributed by atoms with Gasteiger partial charge in [0.25, 0.3) is 5.91 Å². The topological polar surface area (TPSA) is 58.6 Å². The van der Waals surface area contributed by atoms with Crippen molar-refractivity contribution in [1.82, 2.24) is 5.32 Å². The second-order valence-corrected chi connectivity index (χ2v) is 4.52. The Morgan fingerprint density at radius 1 is 1.61 bits per heavy atom. The molecule has 2 unspecified atom stereocenters. The molecule has 1 amide bonds. The summed E-state index contributed by atoms with van der Waals surface area (Å²) in [6.45, 7) is 3.15. The van der Waals surface area contributed by atoms with Crippen LogP contribution in [0.4, 0.5) is 4.39 Å². The SMILES string of the molecule is CC(NC(=O)c1c(O)cccc1F)C1CCOC1. The first-order chi connectivity index (χ1) is 8.59. The summed E-state index contributed by atoms with van der Waals surface area (Å²) in [6, 6.07) is 3.69. The number of phenolic OH excluding ortho intramolecular Hbond substituents is 1. The minimum Gasteiger partial charge on any atom is -0.507 e. The van der Waals surface area contributed by atoms with Crippen LogP contribution in [0.2, 0.25) is 0 Å². The van der Waals surface area contributed by atoms with Crippen molar-refractivity contribution in [3.63, 3.8) is 0 Å². The number of aromatic hydroxyl groups is 1. The van der Waals surface area contributed by atoms with Crippen LogP contribution in [0.5, 0.6) is 5.75 Å². The summed E-state index contributed by atoms with van der Waals surface area (Å²) in [5.74, 6) is -1.42. The lowest BCUT2D eigenvalue weighted by molar-refractivity contribution is 0.0915. The van der Waals surface area contributed by atoms with Crippen molar-refractivity contribution in [1.29, 1.82) is 0 Å². The van der Waals surface area contributed by atoms with Crippen LogP contribution in [0.25, 0.3) is 0 Å². The first-order valence-corrected chi connectivity index (χ1v) is 5.95. The first-order valence-electron chi connectivity index (χ1n) is 5.95. The molecule has 5 heteroatoms. The molecule has 2 atom stereocenters. The van der Waals surface area contributed by atoms with E-state index in [2.05, 4.69) is 5.32 Å². The van der Waals surface area contributed by atoms with Crippen LogP contribution in [0, 0.1) is 11.7 Å². The third-order valence-electron chi connectivity index (χ3n) is 3.25. The Bertz CT molecular complexity index is 424. The molecule has 4 nitrogen and oxygen atoms in total. The highest BCUT2D eigenvalue weighted by molar-refractivity contribution is 5.97. The molecule has 1 fully saturated rings. The number of hydrogen-bond donors (Lipinski definition) is 2. The smallest absolute Gasteiger partial charge is 0.258 e. The number of carbonyl (C=O) groups excluding carboxylic acids is 1. The summed E-state index contributed by atoms with van der Waals surface area (Å²) in [7, 11) is 0. The molecule has 0 spiro atoms. The van der Waals surface area contributed by atoms with E-state index in [4.69, 9.17) is 4.74 Å². The molecule has 98 valence electrons. The number of benzene rings is 1. The van der Waals surface area contributed by atoms with Crippen LogP contribution in [0.1, 0.15) is 23.7 Å². The van der Waals surface area contributed by atoms with E-state index in [1.807, 2.05) is 6.92 Å². The van der Waals surface area contributed by atoms with Crippen molar-refractivity contribution in [2.24, 2.45) is 5.92 Å². The van der Waals surface area contributed by atoms with Gasteiger partial charge in [0.05, 0.1) is 6.61 Å². The van der Waals surface area contributed by atoms with E-state index in [-0.39, 0.29) is 23.3 Å². The molecule has 0 radical (unpaired) electrons. The van der Waals surface area contributed by atoms with Crippen LogP contribution >= 0.6 is 0 Å². The number of ether oxygens (including phenoxy) is 1. The molecule has 1 aromatic rings. The monoisotopic (exact) mass is 253 g/mol. The average molecular weight is 253 g/mol. The van der Waals surface area contributed by atoms with Crippen molar-refractivity contribution in [2.45, 2.75) is 19.4 Å². The van der Waals surface area contributed by atoms with Gasteiger partial charge in [-0.2, -0.15) is 0 Å². The lowest BCUT2D eigenvalue weighted by Gasteiger charge is -2.19. The van der Waals surface area contributed by atoms with Gasteiger partial charge in [-0.15, -0.1) is 0 Å². The van der Waals surface area contributed by atoms with Gasteiger partial charge in [0.15, 0.2) is 0 Å². The fraction of sp³-hybridized carbons (Fsp3) is 0.462. The van der Waals surface area contributed by atoms with E-state index in [0.29, 0.717) is 13.2 Å². The van der Waals surface area contributed by atoms with Gasteiger partial charge in [-0.05, 0) is 25.5 Å². The number of rotatable bonds is 3. The molecule has 1 aliphatic heterocycles. The molecule has 1 aromatic carbocycles. The normalized spacial score (nSPS) is 20.7. The Balaban J connectivity index is 2.07. The molecule has 2 N–H and O–H groups in total. The van der Waals surface area contributed by atoms with Gasteiger partial charge in [-0.25, -0.2) is 4.39 Å². The van der Waals surface area contributed by atoms with Crippen LogP contribution in [-0.2, 0) is 4.74 Å². The van der Waals surface area contributed by atoms with Crippen LogP contribution < -0.4 is 5.32 Å². The predicted molar refractivity (Wildman–Crippen MR) is 63.9 cm³/mol. The summed E-state index contributed by atoms with van der Waals surface area (Å²) >= 11 is 0. The maximum atomic E-state index is 13.5. The lowest BCUT2D eigenvalue weighted by atomic mass is 10.0. The fourth-order valence-corrected chi connectivity index (χ4v) is 2.08. The maximum Gasteiger partial charge on any atom is 0.258 e. The Morgan fingerprint density at radius 3 is 3.00 bits per heavy atom. The second-order valence-electron chi connectivity index (χ2n) is 4.52. The quantitative estimate of drug-likeness (QED) is 0.861. The number of carbonyl (C=O) groups is 1. The van der Waals surface area contributed by atoms with E-state index in [9.17, 15) is 14.3 Å². The highest BCUT2D eigenvalue weighted by atomic mass is 19.1. The van der Waals surface area contributed by atoms with Gasteiger partial charge < -0.3 is 15.2 Å². The molecule has 2 rings (SSSR count). The molecule has 0 aliphatic carbocycles. The van der Waals surface area contributed by atoms with Gasteiger partial charge in [-0.1, -0.05) is 6.07 Å². The van der Waals surface area contributed by atoms with E-state index >= 15 is 0 Å². The molecule has 0 saturated carbocycles. The molecule has 1 saturated heterocycles. The summed E-state index contributed by atoms with van der Waals surface area (Å²) < 4.78 is 18.7. The first kappa shape index (κ1) is 12.8. The molecule has 18 heavy (non-hydrogen) atoms. The molecule has 1 heterocycles. The molecule has 0 bridgehead atoms. The number of halogens is 1. The zero-order chi connectivity index (χ0) is 13.1. The highest BCUT2D eigenvalue weighted by Crippen LogP contribution is 2.21. The van der Waals surface area contributed by atoms with Crippen LogP contribution in [-0.4, -0.2) is 30.3 Å². The third-order valence-corrected chi connectivity index (χ3v) is 3.25. The van der Waals surface area contributed by atoms with Gasteiger partial charge in [0.1, 0.15) is 17.1 Å². The summed E-state index contributed by atoms with van der Waals surface area (Å²) in [6.07, 6.45) is 0.880. The maximum absolute atomic E-state index is 13.5. The van der Waals surface area contributed by atoms with Crippen molar-refractivity contribution < 1.29 is 19.0 Å². The average Bonchev–Trinajstić information content (AvgIpc) is 2.81. The zero-order valence-electron chi connectivity index (χ0n) is 10.1. The highest BCUT2D eigenvalue weighted by Gasteiger charge is 2.25. The van der Waals surface area contributed by atoms with E-state index in [1.165, 1.54) is 12.1 Å². The van der Waals surface area contributed by atoms with Crippen molar-refractivity contribution in [2.75, 3.05) is 13.2 Å². The minimum absolute atomic E-state index is 0.112. The van der Waals surface area contributed by atoms with Gasteiger partial charge in [-0.3, -0.25) is 4.79 Å². The molecule has 1 aliphatic rings. The molecule has 0 aromatic heterocycles. The zero-order valence-corrected chi connectivity index (χ0v) is 10.1. The Labute approximate surface area is 105 Å². The summed E-state index contributed by atoms with van der Waals surface area (Å²) in [5, 5.41) is 12.2. The fourth-order valence-electron chi connectivity index (χ4n) is 2.08. The van der Waals surface area contributed by atoms with E-state index in [1.54, 1.807) is 0 Å². The number of amides is 1. The van der Waals surface area contributed by atoms with Crippen LogP contribution in [0.15, 0.2) is 18.2 Å². The summed E-state index contributed by atoms with van der Waals surface area (Å²) in [4.78, 5) is 11.9. The Morgan fingerprint density at radius 2 is 2.39 bits per heavy atom. The number of hydrogen-bond acceptors (Lipinski definition) is 3. The molecular formula is C13H16FNO3. The Hall–Kier alpha value is -1.62. The lowest BCUT2D eigenvalue weighted by Crippen LogP contribution is -2.38. The van der Waals surface area contributed by atoms with Crippen molar-refractivity contribution in [3.8, 4) is 5.75 Å². The van der Waals surface area contributed by atoms with Crippen molar-refractivity contribution >= 4 is 5.91 Å². The standard InChI is InChI=1S/C13H16FNO3/c1-8(9-5-6-18-7-9)15-13(17)12-10(14)3-2-4-11(12)16/h2-4,8-9,16H,5-7H2,1H3,(H,15,17). The second kappa shape index (κ2) is 5.35. The van der Waals surface area contributed by atoms with Gasteiger partial charge in [0, 0.05) is 18.6 Å². The third kappa shape index (κ3) is 2.61. The van der Waals surface area contributed by atoms with Crippen LogP contribution in [0.3, 0.4) is 0 Å². The Kier molecular flexibility index (Phi) is 3.81.